The zero-order valence-electron chi connectivity index (χ0n) is 13.3. The molecular formula is C19H15F2N3O. The van der Waals surface area contributed by atoms with Crippen molar-refractivity contribution in [2.24, 2.45) is 0 Å². The monoisotopic (exact) mass is 339 g/mol. The van der Waals surface area contributed by atoms with E-state index in [-0.39, 0.29) is 17.4 Å². The van der Waals surface area contributed by atoms with Gasteiger partial charge in [0.1, 0.15) is 11.6 Å². The maximum absolute atomic E-state index is 13.2. The highest BCUT2D eigenvalue weighted by atomic mass is 19.1. The van der Waals surface area contributed by atoms with Crippen molar-refractivity contribution in [2.45, 2.75) is 19.3 Å². The molecule has 0 aliphatic heterocycles. The predicted molar refractivity (Wildman–Crippen MR) is 90.5 cm³/mol. The number of benzene rings is 2. The van der Waals surface area contributed by atoms with Gasteiger partial charge in [-0.25, -0.2) is 13.5 Å². The number of halogens is 2. The van der Waals surface area contributed by atoms with Crippen LogP contribution in [0.25, 0.3) is 5.69 Å². The maximum atomic E-state index is 13.2. The molecule has 2 aromatic carbocycles. The van der Waals surface area contributed by atoms with Gasteiger partial charge in [0, 0.05) is 12.1 Å². The molecule has 0 fully saturated rings. The van der Waals surface area contributed by atoms with E-state index in [0.717, 1.165) is 18.5 Å². The molecule has 0 bridgehead atoms. The number of hydrogen-bond acceptors (Lipinski definition) is 3. The van der Waals surface area contributed by atoms with Gasteiger partial charge < -0.3 is 5.32 Å². The van der Waals surface area contributed by atoms with Crippen LogP contribution in [-0.4, -0.2) is 15.6 Å². The lowest BCUT2D eigenvalue weighted by Gasteiger charge is -2.13. The highest BCUT2D eigenvalue weighted by Crippen LogP contribution is 2.31. The molecule has 0 radical (unpaired) electrons. The average Bonchev–Trinajstić information content (AvgIpc) is 2.97. The number of hydrogen-bond donors (Lipinski definition) is 1. The number of carbonyl (C=O) groups is 1. The number of nitrogens with one attached hydrogen (secondary N) is 1. The van der Waals surface area contributed by atoms with Crippen molar-refractivity contribution in [3.8, 4) is 5.69 Å². The van der Waals surface area contributed by atoms with Crippen LogP contribution in [0, 0.1) is 11.6 Å². The van der Waals surface area contributed by atoms with Crippen LogP contribution in [0.4, 0.5) is 20.3 Å². The number of ketones is 1. The second-order valence-corrected chi connectivity index (χ2v) is 5.97. The highest BCUT2D eigenvalue weighted by molar-refractivity contribution is 6.03. The minimum atomic E-state index is -0.333. The number of aromatic nitrogens is 2. The first-order valence-corrected chi connectivity index (χ1v) is 8.05. The van der Waals surface area contributed by atoms with Crippen molar-refractivity contribution in [3.63, 3.8) is 0 Å². The van der Waals surface area contributed by atoms with Gasteiger partial charge in [-0.05, 0) is 61.4 Å². The van der Waals surface area contributed by atoms with E-state index in [1.165, 1.54) is 24.3 Å². The van der Waals surface area contributed by atoms with Crippen LogP contribution in [0.2, 0.25) is 0 Å². The summed E-state index contributed by atoms with van der Waals surface area (Å²) in [6.45, 7) is 0. The SMILES string of the molecule is O=C1CCCc2c1c(Nc1ccc(F)cc1)nn2-c1ccc(F)cc1. The molecule has 0 spiro atoms. The highest BCUT2D eigenvalue weighted by Gasteiger charge is 2.27. The number of nitrogens with zero attached hydrogens (tertiary/aromatic N) is 2. The smallest absolute Gasteiger partial charge is 0.168 e. The van der Waals surface area contributed by atoms with Crippen molar-refractivity contribution in [3.05, 3.63) is 71.4 Å². The Morgan fingerprint density at radius 2 is 1.56 bits per heavy atom. The van der Waals surface area contributed by atoms with Crippen molar-refractivity contribution in [1.82, 2.24) is 9.78 Å². The van der Waals surface area contributed by atoms with Gasteiger partial charge in [0.15, 0.2) is 11.6 Å². The van der Waals surface area contributed by atoms with Crippen molar-refractivity contribution < 1.29 is 13.6 Å². The van der Waals surface area contributed by atoms with Gasteiger partial charge >= 0.3 is 0 Å². The second kappa shape index (κ2) is 6.12. The molecule has 6 heteroatoms. The van der Waals surface area contributed by atoms with Gasteiger partial charge in [0.2, 0.25) is 0 Å². The van der Waals surface area contributed by atoms with Crippen LogP contribution in [0.3, 0.4) is 0 Å². The number of rotatable bonds is 3. The minimum Gasteiger partial charge on any atom is -0.338 e. The van der Waals surface area contributed by atoms with Crippen LogP contribution in [-0.2, 0) is 6.42 Å². The first kappa shape index (κ1) is 15.5. The summed E-state index contributed by atoms with van der Waals surface area (Å²) in [5, 5.41) is 7.63. The molecule has 4 nitrogen and oxygen atoms in total. The summed E-state index contributed by atoms with van der Waals surface area (Å²) in [5.74, 6) is -0.194. The average molecular weight is 339 g/mol. The third-order valence-corrected chi connectivity index (χ3v) is 4.26. The van der Waals surface area contributed by atoms with Crippen LogP contribution in [0.15, 0.2) is 48.5 Å². The molecule has 0 atom stereocenters. The third-order valence-electron chi connectivity index (χ3n) is 4.26. The van der Waals surface area contributed by atoms with Gasteiger partial charge in [0.25, 0.3) is 0 Å². The summed E-state index contributed by atoms with van der Waals surface area (Å²) in [5.41, 5.74) is 2.71. The Morgan fingerprint density at radius 3 is 2.24 bits per heavy atom. The lowest BCUT2D eigenvalue weighted by Crippen LogP contribution is -2.13. The van der Waals surface area contributed by atoms with Gasteiger partial charge in [-0.2, -0.15) is 0 Å². The molecule has 126 valence electrons. The molecule has 1 aliphatic rings. The predicted octanol–water partition coefficient (Wildman–Crippen LogP) is 4.41. The van der Waals surface area contributed by atoms with Gasteiger partial charge in [-0.3, -0.25) is 4.79 Å². The van der Waals surface area contributed by atoms with Crippen LogP contribution in [0.5, 0.6) is 0 Å². The zero-order chi connectivity index (χ0) is 17.4. The Bertz CT molecular complexity index is 931. The van der Waals surface area contributed by atoms with E-state index in [2.05, 4.69) is 10.4 Å². The Balaban J connectivity index is 1.80. The van der Waals surface area contributed by atoms with E-state index in [1.807, 2.05) is 0 Å². The summed E-state index contributed by atoms with van der Waals surface area (Å²) < 4.78 is 28.0. The van der Waals surface area contributed by atoms with Gasteiger partial charge in [0.05, 0.1) is 16.9 Å². The van der Waals surface area contributed by atoms with Crippen molar-refractivity contribution in [1.29, 1.82) is 0 Å². The standard InChI is InChI=1S/C19H15F2N3O/c20-12-4-8-14(9-5-12)22-19-18-16(2-1-3-17(18)25)24(23-19)15-10-6-13(21)7-11-15/h4-11H,1-3H2,(H,22,23). The normalized spacial score (nSPS) is 13.6. The number of anilines is 2. The topological polar surface area (TPSA) is 46.9 Å². The van der Waals surface area contributed by atoms with E-state index >= 15 is 0 Å². The molecule has 0 saturated heterocycles. The van der Waals surface area contributed by atoms with Gasteiger partial charge in [-0.15, -0.1) is 5.10 Å². The summed E-state index contributed by atoms with van der Waals surface area (Å²) in [6.07, 6.45) is 1.95. The fourth-order valence-corrected chi connectivity index (χ4v) is 3.07. The minimum absolute atomic E-state index is 0.0271. The molecule has 0 unspecified atom stereocenters. The molecule has 3 aromatic rings. The summed E-state index contributed by atoms with van der Waals surface area (Å²) in [6, 6.07) is 11.8. The number of fused-ring (bicyclic) bond motifs is 1. The quantitative estimate of drug-likeness (QED) is 0.769. The number of carbonyl (C=O) groups excluding carboxylic acids is 1. The molecule has 0 saturated carbocycles. The maximum Gasteiger partial charge on any atom is 0.168 e. The van der Waals surface area contributed by atoms with E-state index in [4.69, 9.17) is 0 Å². The Labute approximate surface area is 143 Å². The second-order valence-electron chi connectivity index (χ2n) is 5.97. The number of Topliss-reactive ketones (excluding diaryl/α,β-unsaturated/α-hetero) is 1. The first-order valence-electron chi connectivity index (χ1n) is 8.05. The molecular weight excluding hydrogens is 324 g/mol. The fraction of sp³-hybridized carbons (Fsp3) is 0.158. The lowest BCUT2D eigenvalue weighted by atomic mass is 9.95. The Kier molecular flexibility index (Phi) is 3.80. The molecule has 4 rings (SSSR count). The molecule has 1 aliphatic carbocycles. The summed E-state index contributed by atoms with van der Waals surface area (Å²) in [7, 11) is 0. The zero-order valence-corrected chi connectivity index (χ0v) is 13.3. The molecule has 1 aromatic heterocycles. The first-order chi connectivity index (χ1) is 12.1. The van der Waals surface area contributed by atoms with E-state index < -0.39 is 0 Å². The molecule has 1 heterocycles. The van der Waals surface area contributed by atoms with E-state index in [0.29, 0.717) is 29.2 Å². The van der Waals surface area contributed by atoms with Crippen LogP contribution < -0.4 is 5.32 Å². The largest absolute Gasteiger partial charge is 0.338 e. The Morgan fingerprint density at radius 1 is 0.920 bits per heavy atom. The van der Waals surface area contributed by atoms with Gasteiger partial charge in [-0.1, -0.05) is 0 Å². The fourth-order valence-electron chi connectivity index (χ4n) is 3.07. The molecule has 25 heavy (non-hydrogen) atoms. The van der Waals surface area contributed by atoms with Crippen LogP contribution in [0.1, 0.15) is 28.9 Å². The lowest BCUT2D eigenvalue weighted by molar-refractivity contribution is 0.0973. The van der Waals surface area contributed by atoms with Crippen molar-refractivity contribution in [2.75, 3.05) is 5.32 Å². The van der Waals surface area contributed by atoms with Crippen molar-refractivity contribution >= 4 is 17.3 Å². The Hall–Kier alpha value is -3.02. The van der Waals surface area contributed by atoms with E-state index in [1.54, 1.807) is 28.9 Å². The van der Waals surface area contributed by atoms with Crippen LogP contribution >= 0.6 is 0 Å². The van der Waals surface area contributed by atoms with E-state index in [9.17, 15) is 13.6 Å². The summed E-state index contributed by atoms with van der Waals surface area (Å²) >= 11 is 0. The summed E-state index contributed by atoms with van der Waals surface area (Å²) in [4.78, 5) is 12.4. The molecule has 0 amide bonds. The molecule has 1 N–H and O–H groups in total. The third kappa shape index (κ3) is 2.91.